The Bertz CT molecular complexity index is 3000. The van der Waals surface area contributed by atoms with Gasteiger partial charge in [0.15, 0.2) is 0 Å². The quantitative estimate of drug-likeness (QED) is 0.180. The van der Waals surface area contributed by atoms with Crippen LogP contribution in [-0.4, -0.2) is 0 Å². The summed E-state index contributed by atoms with van der Waals surface area (Å²) in [6.45, 7) is 9.60. The van der Waals surface area contributed by atoms with Crippen LogP contribution >= 0.6 is 0 Å². The monoisotopic (exact) mass is 677 g/mol. The molecule has 53 heavy (non-hydrogen) atoms. The minimum absolute atomic E-state index is 0.115. The molecule has 252 valence electrons. The van der Waals surface area contributed by atoms with Crippen molar-refractivity contribution in [1.29, 1.82) is 0 Å². The molecule has 9 aromatic carbocycles. The lowest BCUT2D eigenvalue weighted by atomic mass is 9.80. The summed E-state index contributed by atoms with van der Waals surface area (Å²) in [4.78, 5) is 2.49. The van der Waals surface area contributed by atoms with Crippen molar-refractivity contribution in [2.24, 2.45) is 0 Å². The third-order valence-corrected chi connectivity index (χ3v) is 12.5. The predicted molar refractivity (Wildman–Crippen MR) is 226 cm³/mol. The number of benzene rings is 9. The SMILES string of the molecule is CC1(C)c2ccc3ccccc3c2-c2c1cc(N(c1ccccc1)c1ccc3cc4c(cc3c1)C(C)(C)c1c-4ccc3ccccc13)c1ccccc21. The Morgan fingerprint density at radius 3 is 1.77 bits per heavy atom. The minimum atomic E-state index is -0.162. The Morgan fingerprint density at radius 2 is 0.981 bits per heavy atom. The first kappa shape index (κ1) is 30.4. The highest BCUT2D eigenvalue weighted by molar-refractivity contribution is 6.15. The number of nitrogens with zero attached hydrogens (tertiary/aromatic N) is 1. The summed E-state index contributed by atoms with van der Waals surface area (Å²) in [5, 5.41) is 10.4. The summed E-state index contributed by atoms with van der Waals surface area (Å²) in [5.74, 6) is 0. The topological polar surface area (TPSA) is 3.24 Å². The van der Waals surface area contributed by atoms with Crippen LogP contribution in [-0.2, 0) is 10.8 Å². The molecule has 1 nitrogen and oxygen atoms in total. The maximum Gasteiger partial charge on any atom is 0.0543 e. The second-order valence-corrected chi connectivity index (χ2v) is 16.1. The van der Waals surface area contributed by atoms with Gasteiger partial charge in [0.25, 0.3) is 0 Å². The molecule has 2 aliphatic carbocycles. The first-order valence-electron chi connectivity index (χ1n) is 18.9. The Hall–Kier alpha value is -6.18. The summed E-state index contributed by atoms with van der Waals surface area (Å²) in [6, 6.07) is 61.4. The summed E-state index contributed by atoms with van der Waals surface area (Å²) in [7, 11) is 0. The van der Waals surface area contributed by atoms with E-state index in [0.29, 0.717) is 0 Å². The van der Waals surface area contributed by atoms with Crippen molar-refractivity contribution in [3.8, 4) is 22.3 Å². The Kier molecular flexibility index (Phi) is 6.14. The van der Waals surface area contributed by atoms with E-state index in [-0.39, 0.29) is 10.8 Å². The van der Waals surface area contributed by atoms with Gasteiger partial charge in [-0.25, -0.2) is 0 Å². The normalized spacial score (nSPS) is 14.7. The zero-order valence-corrected chi connectivity index (χ0v) is 30.5. The molecular formula is C52H39N. The Morgan fingerprint density at radius 1 is 0.358 bits per heavy atom. The van der Waals surface area contributed by atoms with E-state index in [2.05, 4.69) is 196 Å². The van der Waals surface area contributed by atoms with Crippen LogP contribution in [0.15, 0.2) is 164 Å². The average Bonchev–Trinajstić information content (AvgIpc) is 3.56. The molecule has 0 radical (unpaired) electrons. The Labute approximate surface area is 310 Å². The van der Waals surface area contributed by atoms with Gasteiger partial charge >= 0.3 is 0 Å². The van der Waals surface area contributed by atoms with Gasteiger partial charge in [0, 0.05) is 27.6 Å². The largest absolute Gasteiger partial charge is 0.310 e. The molecule has 0 unspecified atom stereocenters. The fourth-order valence-corrected chi connectivity index (χ4v) is 9.98. The van der Waals surface area contributed by atoms with Crippen molar-refractivity contribution in [3.05, 3.63) is 186 Å². The highest BCUT2D eigenvalue weighted by Gasteiger charge is 2.39. The molecule has 2 aliphatic rings. The van der Waals surface area contributed by atoms with E-state index in [0.717, 1.165) is 11.4 Å². The zero-order chi connectivity index (χ0) is 35.6. The summed E-state index contributed by atoms with van der Waals surface area (Å²) >= 11 is 0. The zero-order valence-electron chi connectivity index (χ0n) is 30.5. The van der Waals surface area contributed by atoms with Crippen molar-refractivity contribution in [1.82, 2.24) is 0 Å². The maximum atomic E-state index is 2.50. The first-order chi connectivity index (χ1) is 25.8. The van der Waals surface area contributed by atoms with Crippen molar-refractivity contribution >= 4 is 60.2 Å². The van der Waals surface area contributed by atoms with Gasteiger partial charge in [0.1, 0.15) is 0 Å². The molecule has 0 atom stereocenters. The van der Waals surface area contributed by atoms with Gasteiger partial charge in [-0.1, -0.05) is 149 Å². The van der Waals surface area contributed by atoms with Crippen LogP contribution in [0.3, 0.4) is 0 Å². The molecule has 1 heteroatoms. The van der Waals surface area contributed by atoms with Crippen LogP contribution in [0, 0.1) is 0 Å². The minimum Gasteiger partial charge on any atom is -0.310 e. The van der Waals surface area contributed by atoms with Crippen LogP contribution < -0.4 is 4.90 Å². The third kappa shape index (κ3) is 4.14. The van der Waals surface area contributed by atoms with E-state index in [1.807, 2.05) is 0 Å². The fourth-order valence-electron chi connectivity index (χ4n) is 9.98. The molecule has 0 fully saturated rings. The highest BCUT2D eigenvalue weighted by Crippen LogP contribution is 2.57. The van der Waals surface area contributed by atoms with Gasteiger partial charge in [0.2, 0.25) is 0 Å². The average molecular weight is 678 g/mol. The van der Waals surface area contributed by atoms with Crippen LogP contribution in [0.1, 0.15) is 49.9 Å². The van der Waals surface area contributed by atoms with Crippen molar-refractivity contribution < 1.29 is 0 Å². The Balaban J connectivity index is 1.15. The molecule has 0 aromatic heterocycles. The van der Waals surface area contributed by atoms with Crippen molar-refractivity contribution in [2.45, 2.75) is 38.5 Å². The number of anilines is 3. The number of para-hydroxylation sites is 1. The van der Waals surface area contributed by atoms with Gasteiger partial charge in [-0.3, -0.25) is 0 Å². The second-order valence-electron chi connectivity index (χ2n) is 16.1. The van der Waals surface area contributed by atoms with E-state index in [1.165, 1.54) is 93.3 Å². The van der Waals surface area contributed by atoms with Crippen molar-refractivity contribution in [3.63, 3.8) is 0 Å². The molecule has 0 saturated heterocycles. The van der Waals surface area contributed by atoms with E-state index in [1.54, 1.807) is 0 Å². The lowest BCUT2D eigenvalue weighted by molar-refractivity contribution is 0.661. The standard InChI is InChI=1S/C52H39N/c1-51(2)44-27-24-32-14-8-10-18-38(32)48(44)49-41-21-13-12-20-40(41)47(31-46(49)51)53(36-16-6-5-7-17-36)37-25-22-34-29-43-42-26-23-33-15-9-11-19-39(33)50(42)52(3,4)45(43)30-35(34)28-37/h5-31H,1-4H3. The molecule has 9 aromatic rings. The van der Waals surface area contributed by atoms with Crippen LogP contribution in [0.25, 0.3) is 65.3 Å². The molecular weight excluding hydrogens is 639 g/mol. The van der Waals surface area contributed by atoms with Crippen molar-refractivity contribution in [2.75, 3.05) is 4.90 Å². The van der Waals surface area contributed by atoms with Crippen LogP contribution in [0.4, 0.5) is 17.1 Å². The molecule has 11 rings (SSSR count). The van der Waals surface area contributed by atoms with Gasteiger partial charge in [-0.15, -0.1) is 0 Å². The number of hydrogen-bond donors (Lipinski definition) is 0. The molecule has 0 saturated carbocycles. The molecule has 0 spiro atoms. The molecule has 0 amide bonds. The number of fused-ring (bicyclic) bond motifs is 13. The third-order valence-electron chi connectivity index (χ3n) is 12.5. The van der Waals surface area contributed by atoms with Gasteiger partial charge < -0.3 is 4.90 Å². The molecule has 0 N–H and O–H groups in total. The number of rotatable bonds is 3. The molecule has 0 heterocycles. The number of hydrogen-bond acceptors (Lipinski definition) is 1. The molecule has 0 aliphatic heterocycles. The fraction of sp³-hybridized carbons (Fsp3) is 0.115. The van der Waals surface area contributed by atoms with E-state index < -0.39 is 0 Å². The second kappa shape index (κ2) is 10.7. The van der Waals surface area contributed by atoms with E-state index in [4.69, 9.17) is 0 Å². The smallest absolute Gasteiger partial charge is 0.0543 e. The maximum absolute atomic E-state index is 2.50. The summed E-state index contributed by atoms with van der Waals surface area (Å²) < 4.78 is 0. The van der Waals surface area contributed by atoms with Gasteiger partial charge in [-0.2, -0.15) is 0 Å². The molecule has 0 bridgehead atoms. The lowest BCUT2D eigenvalue weighted by Gasteiger charge is -2.30. The van der Waals surface area contributed by atoms with E-state index >= 15 is 0 Å². The predicted octanol–water partition coefficient (Wildman–Crippen LogP) is 14.4. The summed E-state index contributed by atoms with van der Waals surface area (Å²) in [6.07, 6.45) is 0. The van der Waals surface area contributed by atoms with Gasteiger partial charge in [0.05, 0.1) is 5.69 Å². The summed E-state index contributed by atoms with van der Waals surface area (Å²) in [5.41, 5.74) is 14.3. The van der Waals surface area contributed by atoms with Crippen LogP contribution in [0.5, 0.6) is 0 Å². The van der Waals surface area contributed by atoms with Gasteiger partial charge in [-0.05, 0) is 125 Å². The van der Waals surface area contributed by atoms with E-state index in [9.17, 15) is 0 Å². The first-order valence-corrected chi connectivity index (χ1v) is 18.9. The lowest BCUT2D eigenvalue weighted by Crippen LogP contribution is -2.17. The highest BCUT2D eigenvalue weighted by atomic mass is 15.1. The van der Waals surface area contributed by atoms with Crippen LogP contribution in [0.2, 0.25) is 0 Å².